The van der Waals surface area contributed by atoms with E-state index in [2.05, 4.69) is 6.07 Å². The number of rotatable bonds is 2. The van der Waals surface area contributed by atoms with Gasteiger partial charge >= 0.3 is 5.97 Å². The van der Waals surface area contributed by atoms with Crippen LogP contribution in [0.1, 0.15) is 33.2 Å². The van der Waals surface area contributed by atoms with Crippen molar-refractivity contribution in [2.75, 3.05) is 0 Å². The maximum Gasteiger partial charge on any atom is 0.304 e. The zero-order valence-electron chi connectivity index (χ0n) is 11.9. The highest BCUT2D eigenvalue weighted by atomic mass is 35.5. The lowest BCUT2D eigenvalue weighted by Crippen LogP contribution is -2.42. The molecule has 0 aliphatic heterocycles. The molecule has 4 nitrogen and oxygen atoms in total. The summed E-state index contributed by atoms with van der Waals surface area (Å²) < 4.78 is 5.22. The molecular weight excluding hydrogens is 339 g/mol. The Labute approximate surface area is 142 Å². The van der Waals surface area contributed by atoms with Crippen LogP contribution in [0.2, 0.25) is 10.0 Å². The molecule has 0 spiro atoms. The number of benzene rings is 2. The third kappa shape index (κ3) is 2.35. The van der Waals surface area contributed by atoms with E-state index in [1.54, 1.807) is 12.1 Å². The molecule has 0 unspecified atom stereocenters. The van der Waals surface area contributed by atoms with Crippen molar-refractivity contribution in [2.45, 2.75) is 12.5 Å². The van der Waals surface area contributed by atoms with Crippen LogP contribution in [0, 0.1) is 6.07 Å². The summed E-state index contributed by atoms with van der Waals surface area (Å²) in [4.78, 5) is 37.4. The van der Waals surface area contributed by atoms with Crippen LogP contribution in [-0.2, 0) is 15.1 Å². The maximum absolute atomic E-state index is 12.9. The molecule has 1 aliphatic rings. The minimum atomic E-state index is -2.13. The fourth-order valence-electron chi connectivity index (χ4n) is 2.66. The summed E-state index contributed by atoms with van der Waals surface area (Å²) in [6, 6.07) is 11.7. The first-order valence-electron chi connectivity index (χ1n) is 6.63. The van der Waals surface area contributed by atoms with Crippen LogP contribution >= 0.6 is 23.2 Å². The quantitative estimate of drug-likeness (QED) is 0.614. The summed E-state index contributed by atoms with van der Waals surface area (Å²) in [6.07, 6.45) is 0. The van der Waals surface area contributed by atoms with Crippen molar-refractivity contribution in [3.8, 4) is 0 Å². The zero-order valence-corrected chi connectivity index (χ0v) is 13.4. The second-order valence-corrected chi connectivity index (χ2v) is 5.88. The molecule has 2 aromatic carbocycles. The molecule has 0 fully saturated rings. The van der Waals surface area contributed by atoms with E-state index >= 15 is 0 Å². The molecule has 0 amide bonds. The predicted molar refractivity (Wildman–Crippen MR) is 83.8 cm³/mol. The fourth-order valence-corrected chi connectivity index (χ4v) is 3.15. The van der Waals surface area contributed by atoms with E-state index < -0.39 is 23.1 Å². The third-order valence-corrected chi connectivity index (χ3v) is 3.95. The van der Waals surface area contributed by atoms with Crippen LogP contribution in [0.3, 0.4) is 0 Å². The number of hydrogen-bond acceptors (Lipinski definition) is 4. The Kier molecular flexibility index (Phi) is 3.74. The van der Waals surface area contributed by atoms with Crippen LogP contribution in [0.25, 0.3) is 0 Å². The van der Waals surface area contributed by atoms with E-state index in [1.165, 1.54) is 24.3 Å². The molecule has 2 aromatic rings. The van der Waals surface area contributed by atoms with E-state index in [0.717, 1.165) is 6.92 Å². The second kappa shape index (κ2) is 5.48. The van der Waals surface area contributed by atoms with Gasteiger partial charge in [0.2, 0.25) is 11.6 Å². The lowest BCUT2D eigenvalue weighted by molar-refractivity contribution is -0.149. The number of ketones is 2. The van der Waals surface area contributed by atoms with Crippen LogP contribution in [0.5, 0.6) is 0 Å². The molecule has 0 saturated heterocycles. The molecule has 1 radical (unpaired) electrons. The van der Waals surface area contributed by atoms with Gasteiger partial charge < -0.3 is 4.74 Å². The first-order valence-corrected chi connectivity index (χ1v) is 7.39. The van der Waals surface area contributed by atoms with Gasteiger partial charge in [-0.1, -0.05) is 47.5 Å². The number of carbonyl (C=O) groups excluding carboxylic acids is 3. The van der Waals surface area contributed by atoms with E-state index in [0.29, 0.717) is 0 Å². The third-order valence-electron chi connectivity index (χ3n) is 3.53. The zero-order chi connectivity index (χ0) is 16.8. The number of halogens is 2. The number of hydrogen-bond donors (Lipinski definition) is 0. The SMILES string of the molecule is CC(=O)OC1(c2[c]c(Cl)cc(Cl)c2)C(=O)c2ccccc2C1=O. The molecule has 0 bridgehead atoms. The van der Waals surface area contributed by atoms with E-state index in [1.807, 2.05) is 0 Å². The van der Waals surface area contributed by atoms with Gasteiger partial charge in [-0.15, -0.1) is 0 Å². The second-order valence-electron chi connectivity index (χ2n) is 5.04. The monoisotopic (exact) mass is 347 g/mol. The molecular formula is C17H9Cl2O4. The number of esters is 1. The summed E-state index contributed by atoms with van der Waals surface area (Å²) in [5, 5.41) is 0.308. The highest BCUT2D eigenvalue weighted by molar-refractivity contribution is 6.36. The highest BCUT2D eigenvalue weighted by Crippen LogP contribution is 2.42. The molecule has 0 aromatic heterocycles. The molecule has 0 saturated carbocycles. The van der Waals surface area contributed by atoms with Gasteiger partial charge in [-0.25, -0.2) is 0 Å². The first-order chi connectivity index (χ1) is 10.9. The minimum absolute atomic E-state index is 0.0106. The number of ether oxygens (including phenoxy) is 1. The van der Waals surface area contributed by atoms with Gasteiger partial charge in [-0.2, -0.15) is 0 Å². The summed E-state index contributed by atoms with van der Waals surface area (Å²) >= 11 is 11.9. The molecule has 0 heterocycles. The Morgan fingerprint density at radius 2 is 1.65 bits per heavy atom. The van der Waals surface area contributed by atoms with E-state index in [9.17, 15) is 14.4 Å². The molecule has 3 rings (SSSR count). The average molecular weight is 348 g/mol. The predicted octanol–water partition coefficient (Wildman–Crippen LogP) is 3.63. The van der Waals surface area contributed by atoms with Gasteiger partial charge in [0.25, 0.3) is 5.60 Å². The molecule has 0 atom stereocenters. The van der Waals surface area contributed by atoms with Crippen molar-refractivity contribution in [1.82, 2.24) is 0 Å². The molecule has 23 heavy (non-hydrogen) atoms. The van der Waals surface area contributed by atoms with Crippen molar-refractivity contribution < 1.29 is 19.1 Å². The standard InChI is InChI=1S/C17H9Cl2O4/c1-9(20)23-17(10-6-11(18)8-12(19)7-10)15(21)13-4-2-3-5-14(13)16(17)22/h2-6,8H,1H3. The maximum atomic E-state index is 12.9. The minimum Gasteiger partial charge on any atom is -0.437 e. The van der Waals surface area contributed by atoms with Crippen LogP contribution in [0.4, 0.5) is 0 Å². The smallest absolute Gasteiger partial charge is 0.304 e. The first kappa shape index (κ1) is 15.7. The van der Waals surface area contributed by atoms with Gasteiger partial charge in [0, 0.05) is 34.7 Å². The Hall–Kier alpha value is -2.17. The molecule has 115 valence electrons. The average Bonchev–Trinajstić information content (AvgIpc) is 2.69. The van der Waals surface area contributed by atoms with Crippen molar-refractivity contribution >= 4 is 40.7 Å². The molecule has 0 N–H and O–H groups in total. The van der Waals surface area contributed by atoms with Crippen LogP contribution < -0.4 is 0 Å². The van der Waals surface area contributed by atoms with Crippen molar-refractivity contribution in [2.24, 2.45) is 0 Å². The Balaban J connectivity index is 2.30. The van der Waals surface area contributed by atoms with Crippen LogP contribution in [-0.4, -0.2) is 17.5 Å². The topological polar surface area (TPSA) is 60.4 Å². The highest BCUT2D eigenvalue weighted by Gasteiger charge is 2.57. The Morgan fingerprint density at radius 1 is 1.09 bits per heavy atom. The Bertz CT molecular complexity index is 802. The van der Waals surface area contributed by atoms with Crippen molar-refractivity contribution in [3.63, 3.8) is 0 Å². The van der Waals surface area contributed by atoms with Crippen LogP contribution in [0.15, 0.2) is 36.4 Å². The van der Waals surface area contributed by atoms with E-state index in [-0.39, 0.29) is 26.7 Å². The van der Waals surface area contributed by atoms with E-state index in [4.69, 9.17) is 27.9 Å². The van der Waals surface area contributed by atoms with Gasteiger partial charge in [-0.3, -0.25) is 14.4 Å². The lowest BCUT2D eigenvalue weighted by Gasteiger charge is -2.26. The van der Waals surface area contributed by atoms with Gasteiger partial charge in [0.1, 0.15) is 0 Å². The summed E-state index contributed by atoms with van der Waals surface area (Å²) in [7, 11) is 0. The fraction of sp³-hybridized carbons (Fsp3) is 0.118. The van der Waals surface area contributed by atoms with Gasteiger partial charge in [0.05, 0.1) is 5.02 Å². The number of carbonyl (C=O) groups is 3. The number of fused-ring (bicyclic) bond motifs is 1. The number of Topliss-reactive ketones (excluding diaryl/α,β-unsaturated/α-hetero) is 2. The summed E-state index contributed by atoms with van der Waals surface area (Å²) in [5.74, 6) is -2.05. The molecule has 1 aliphatic carbocycles. The lowest BCUT2D eigenvalue weighted by atomic mass is 9.88. The normalized spacial score (nSPS) is 15.4. The van der Waals surface area contributed by atoms with Crippen molar-refractivity contribution in [1.29, 1.82) is 0 Å². The largest absolute Gasteiger partial charge is 0.437 e. The van der Waals surface area contributed by atoms with Gasteiger partial charge in [-0.05, 0) is 12.1 Å². The summed E-state index contributed by atoms with van der Waals surface area (Å²) in [6.45, 7) is 1.12. The Morgan fingerprint density at radius 3 is 2.13 bits per heavy atom. The van der Waals surface area contributed by atoms with Crippen molar-refractivity contribution in [3.05, 3.63) is 69.2 Å². The molecule has 6 heteroatoms. The van der Waals surface area contributed by atoms with Gasteiger partial charge in [0.15, 0.2) is 0 Å². The summed E-state index contributed by atoms with van der Waals surface area (Å²) in [5.41, 5.74) is -1.76.